The van der Waals surface area contributed by atoms with Crippen LogP contribution in [-0.2, 0) is 9.53 Å². The van der Waals surface area contributed by atoms with Crippen LogP contribution in [-0.4, -0.2) is 18.1 Å². The van der Waals surface area contributed by atoms with Crippen molar-refractivity contribution in [3.8, 4) is 0 Å². The molecule has 0 amide bonds. The maximum Gasteiger partial charge on any atom is 0.202 e. The topological polar surface area (TPSA) is 38.3 Å². The number of allylic oxidation sites excluding steroid dienone is 3. The largest absolute Gasteiger partial charge is 0.343 e. The summed E-state index contributed by atoms with van der Waals surface area (Å²) in [5.74, 6) is 1.42. The fraction of sp³-hybridized carbons (Fsp3) is 0.476. The van der Waals surface area contributed by atoms with E-state index >= 15 is 0 Å². The Kier molecular flexibility index (Phi) is 3.29. The Bertz CT molecular complexity index is 723. The van der Waals surface area contributed by atoms with Gasteiger partial charge >= 0.3 is 0 Å². The minimum absolute atomic E-state index is 0.0435. The molecule has 3 heteroatoms. The lowest BCUT2D eigenvalue weighted by Gasteiger charge is -2.49. The second kappa shape index (κ2) is 5.40. The third kappa shape index (κ3) is 2.01. The van der Waals surface area contributed by atoms with Gasteiger partial charge in [0, 0.05) is 12.5 Å². The first-order valence-corrected chi connectivity index (χ1v) is 9.17. The molecule has 5 rings (SSSR count). The maximum absolute atomic E-state index is 13.1. The smallest absolute Gasteiger partial charge is 0.202 e. The summed E-state index contributed by atoms with van der Waals surface area (Å²) in [5.41, 5.74) is 1.69. The van der Waals surface area contributed by atoms with Crippen LogP contribution >= 0.6 is 0 Å². The van der Waals surface area contributed by atoms with Gasteiger partial charge in [-0.3, -0.25) is 10.1 Å². The van der Waals surface area contributed by atoms with Gasteiger partial charge in [0.05, 0.1) is 6.10 Å². The predicted octanol–water partition coefficient (Wildman–Crippen LogP) is 3.55. The number of fused-ring (bicyclic) bond motifs is 1. The normalized spacial score (nSPS) is 40.5. The van der Waals surface area contributed by atoms with E-state index in [1.54, 1.807) is 0 Å². The second-order valence-electron chi connectivity index (χ2n) is 7.57. The molecule has 1 saturated heterocycles. The lowest BCUT2D eigenvalue weighted by Crippen LogP contribution is -2.60. The minimum atomic E-state index is -0.824. The van der Waals surface area contributed by atoms with E-state index in [0.717, 1.165) is 18.4 Å². The molecule has 1 aromatic rings. The molecule has 124 valence electrons. The summed E-state index contributed by atoms with van der Waals surface area (Å²) in [4.78, 5) is 13.1. The van der Waals surface area contributed by atoms with Crippen molar-refractivity contribution in [2.75, 3.05) is 6.54 Å². The number of carbonyl (C=O) groups is 1. The van der Waals surface area contributed by atoms with Crippen LogP contribution in [0.5, 0.6) is 0 Å². The average molecular weight is 321 g/mol. The highest BCUT2D eigenvalue weighted by atomic mass is 16.5. The van der Waals surface area contributed by atoms with Gasteiger partial charge in [-0.25, -0.2) is 0 Å². The Morgan fingerprint density at radius 3 is 2.96 bits per heavy atom. The van der Waals surface area contributed by atoms with Crippen LogP contribution in [0.1, 0.15) is 37.4 Å². The average Bonchev–Trinajstić information content (AvgIpc) is 3.07. The van der Waals surface area contributed by atoms with Crippen LogP contribution in [0.2, 0.25) is 0 Å². The standard InChI is InChI=1S/C21H23NO2/c23-19-12-16-10-4-8-15-9-5-11-17(20(15)16)21(19)22-13-18(24-21)14-6-2-1-3-7-14/h1-3,5-7,9,12,15,17-18,20,22H,4,8,10-11,13H2/t15-,17+,18-,20+,21+/m0/s1. The molecule has 0 aromatic heterocycles. The van der Waals surface area contributed by atoms with Crippen molar-refractivity contribution >= 4 is 5.78 Å². The number of benzene rings is 1. The molecule has 1 aromatic carbocycles. The van der Waals surface area contributed by atoms with Gasteiger partial charge in [0.25, 0.3) is 0 Å². The number of hydrogen-bond acceptors (Lipinski definition) is 3. The van der Waals surface area contributed by atoms with E-state index in [-0.39, 0.29) is 17.8 Å². The van der Waals surface area contributed by atoms with Gasteiger partial charge in [-0.05, 0) is 49.2 Å². The maximum atomic E-state index is 13.1. The van der Waals surface area contributed by atoms with E-state index < -0.39 is 5.72 Å². The van der Waals surface area contributed by atoms with E-state index in [9.17, 15) is 4.79 Å². The van der Waals surface area contributed by atoms with Crippen LogP contribution in [0.25, 0.3) is 0 Å². The molecular weight excluding hydrogens is 298 g/mol. The number of carbonyl (C=O) groups excluding carboxylic acids is 1. The molecule has 2 fully saturated rings. The van der Waals surface area contributed by atoms with Gasteiger partial charge in [0.2, 0.25) is 5.78 Å². The van der Waals surface area contributed by atoms with Crippen molar-refractivity contribution in [1.82, 2.24) is 5.32 Å². The zero-order valence-electron chi connectivity index (χ0n) is 13.8. The molecule has 3 nitrogen and oxygen atoms in total. The molecule has 1 spiro atoms. The number of ether oxygens (including phenoxy) is 1. The van der Waals surface area contributed by atoms with Crippen molar-refractivity contribution in [3.63, 3.8) is 0 Å². The molecule has 4 aliphatic rings. The molecular formula is C21H23NO2. The van der Waals surface area contributed by atoms with E-state index in [1.165, 1.54) is 18.4 Å². The van der Waals surface area contributed by atoms with Gasteiger partial charge in [-0.1, -0.05) is 48.1 Å². The summed E-state index contributed by atoms with van der Waals surface area (Å²) in [6.45, 7) is 0.705. The third-order valence-corrected chi connectivity index (χ3v) is 6.35. The molecule has 5 atom stereocenters. The second-order valence-corrected chi connectivity index (χ2v) is 7.57. The highest BCUT2D eigenvalue weighted by Crippen LogP contribution is 2.53. The fourth-order valence-corrected chi connectivity index (χ4v) is 5.30. The Labute approximate surface area is 142 Å². The molecule has 1 heterocycles. The summed E-state index contributed by atoms with van der Waals surface area (Å²) in [6.07, 6.45) is 11.0. The monoisotopic (exact) mass is 321 g/mol. The zero-order valence-corrected chi connectivity index (χ0v) is 13.8. The molecule has 1 aliphatic heterocycles. The molecule has 1 saturated carbocycles. The van der Waals surface area contributed by atoms with Gasteiger partial charge in [0.1, 0.15) is 0 Å². The molecule has 1 N–H and O–H groups in total. The van der Waals surface area contributed by atoms with Crippen LogP contribution in [0, 0.1) is 17.8 Å². The summed E-state index contributed by atoms with van der Waals surface area (Å²) in [6, 6.07) is 10.3. The summed E-state index contributed by atoms with van der Waals surface area (Å²) in [5, 5.41) is 3.51. The Balaban J connectivity index is 1.53. The van der Waals surface area contributed by atoms with Crippen molar-refractivity contribution in [3.05, 3.63) is 59.7 Å². The Morgan fingerprint density at radius 1 is 1.21 bits per heavy atom. The lowest BCUT2D eigenvalue weighted by molar-refractivity contribution is -0.157. The third-order valence-electron chi connectivity index (χ3n) is 6.35. The zero-order chi connectivity index (χ0) is 16.1. The first-order chi connectivity index (χ1) is 11.8. The van der Waals surface area contributed by atoms with E-state index in [2.05, 4.69) is 29.6 Å². The van der Waals surface area contributed by atoms with Gasteiger partial charge in [0.15, 0.2) is 5.72 Å². The molecule has 24 heavy (non-hydrogen) atoms. The van der Waals surface area contributed by atoms with Gasteiger partial charge in [-0.15, -0.1) is 0 Å². The number of nitrogens with one attached hydrogen (secondary N) is 1. The highest BCUT2D eigenvalue weighted by Gasteiger charge is 2.58. The molecule has 0 bridgehead atoms. The van der Waals surface area contributed by atoms with Crippen molar-refractivity contribution in [2.45, 2.75) is 37.5 Å². The lowest BCUT2D eigenvalue weighted by atomic mass is 9.59. The van der Waals surface area contributed by atoms with E-state index in [4.69, 9.17) is 4.74 Å². The number of rotatable bonds is 1. The fourth-order valence-electron chi connectivity index (χ4n) is 5.30. The first-order valence-electron chi connectivity index (χ1n) is 9.17. The first kappa shape index (κ1) is 14.6. The van der Waals surface area contributed by atoms with Crippen molar-refractivity contribution in [2.24, 2.45) is 17.8 Å². The number of hydrogen-bond donors (Lipinski definition) is 1. The predicted molar refractivity (Wildman–Crippen MR) is 92.2 cm³/mol. The van der Waals surface area contributed by atoms with E-state index in [0.29, 0.717) is 18.4 Å². The van der Waals surface area contributed by atoms with Crippen molar-refractivity contribution < 1.29 is 9.53 Å². The number of ketones is 1. The summed E-state index contributed by atoms with van der Waals surface area (Å²) >= 11 is 0. The quantitative estimate of drug-likeness (QED) is 0.804. The minimum Gasteiger partial charge on any atom is -0.343 e. The van der Waals surface area contributed by atoms with Gasteiger partial charge < -0.3 is 4.74 Å². The summed E-state index contributed by atoms with van der Waals surface area (Å²) in [7, 11) is 0. The molecule has 0 radical (unpaired) electrons. The van der Waals surface area contributed by atoms with Crippen LogP contribution in [0.3, 0.4) is 0 Å². The van der Waals surface area contributed by atoms with Crippen LogP contribution in [0.4, 0.5) is 0 Å². The molecule has 0 unspecified atom stereocenters. The molecule has 3 aliphatic carbocycles. The SMILES string of the molecule is O=C1C=C2CCC[C@H]3C=CC[C@H]([C@@H]23)[C@]12NC[C@@H](c1ccccc1)O2. The highest BCUT2D eigenvalue weighted by molar-refractivity contribution is 5.99. The van der Waals surface area contributed by atoms with Crippen LogP contribution in [0.15, 0.2) is 54.1 Å². The summed E-state index contributed by atoms with van der Waals surface area (Å²) < 4.78 is 6.48. The Hall–Kier alpha value is -1.71. The van der Waals surface area contributed by atoms with Gasteiger partial charge in [-0.2, -0.15) is 0 Å². The van der Waals surface area contributed by atoms with Crippen LogP contribution < -0.4 is 5.32 Å². The Morgan fingerprint density at radius 2 is 2.08 bits per heavy atom. The van der Waals surface area contributed by atoms with E-state index in [1.807, 2.05) is 24.3 Å². The van der Waals surface area contributed by atoms with Crippen molar-refractivity contribution in [1.29, 1.82) is 0 Å².